The molecule has 0 amide bonds. The van der Waals surface area contributed by atoms with Crippen molar-refractivity contribution in [2.75, 3.05) is 0 Å². The van der Waals surface area contributed by atoms with Crippen molar-refractivity contribution >= 4 is 5.97 Å². The van der Waals surface area contributed by atoms with Crippen LogP contribution >= 0.6 is 0 Å². The average Bonchev–Trinajstić information content (AvgIpc) is 1.82. The molecule has 1 aliphatic heterocycles. The Balaban J connectivity index is 2.56. The number of hydrogen-bond acceptors (Lipinski definition) is 2. The molecule has 0 aromatic carbocycles. The van der Waals surface area contributed by atoms with Crippen LogP contribution in [0.15, 0.2) is 0 Å². The molecule has 0 saturated carbocycles. The number of ether oxygens (including phenoxy) is 1. The average molecular weight is 113 g/mol. The van der Waals surface area contributed by atoms with Crippen LogP contribution in [0.2, 0.25) is 0 Å². The molecule has 1 radical (unpaired) electrons. The first-order valence-corrected chi connectivity index (χ1v) is 2.64. The summed E-state index contributed by atoms with van der Waals surface area (Å²) in [5, 5.41) is 0. The Morgan fingerprint density at radius 1 is 1.75 bits per heavy atom. The number of carbonyl (C=O) groups is 1. The van der Waals surface area contributed by atoms with Gasteiger partial charge in [-0.25, -0.2) is 0 Å². The van der Waals surface area contributed by atoms with Gasteiger partial charge in [0.25, 0.3) is 0 Å². The lowest BCUT2D eigenvalue weighted by atomic mass is 9.93. The van der Waals surface area contributed by atoms with E-state index >= 15 is 0 Å². The van der Waals surface area contributed by atoms with Gasteiger partial charge in [-0.2, -0.15) is 0 Å². The van der Waals surface area contributed by atoms with Crippen LogP contribution < -0.4 is 0 Å². The fourth-order valence-electron chi connectivity index (χ4n) is 0.681. The second kappa shape index (κ2) is 1.47. The van der Waals surface area contributed by atoms with Gasteiger partial charge in [0, 0.05) is 5.41 Å². The molecule has 1 heterocycles. The third-order valence-electron chi connectivity index (χ3n) is 1.11. The third-order valence-corrected chi connectivity index (χ3v) is 1.11. The van der Waals surface area contributed by atoms with E-state index in [-0.39, 0.29) is 11.4 Å². The lowest BCUT2D eigenvalue weighted by Gasteiger charge is -2.07. The van der Waals surface area contributed by atoms with Crippen molar-refractivity contribution in [3.05, 3.63) is 6.61 Å². The Hall–Kier alpha value is -0.530. The van der Waals surface area contributed by atoms with Crippen LogP contribution in [-0.4, -0.2) is 5.97 Å². The van der Waals surface area contributed by atoms with E-state index in [9.17, 15) is 4.79 Å². The maximum atomic E-state index is 10.4. The summed E-state index contributed by atoms with van der Waals surface area (Å²) >= 11 is 0. The van der Waals surface area contributed by atoms with E-state index in [2.05, 4.69) is 4.74 Å². The molecule has 2 nitrogen and oxygen atoms in total. The zero-order chi connectivity index (χ0) is 6.20. The first-order chi connectivity index (χ1) is 3.60. The highest BCUT2D eigenvalue weighted by molar-refractivity contribution is 5.73. The van der Waals surface area contributed by atoms with E-state index < -0.39 is 0 Å². The van der Waals surface area contributed by atoms with Crippen molar-refractivity contribution in [2.24, 2.45) is 5.41 Å². The molecule has 1 saturated heterocycles. The Labute approximate surface area is 48.8 Å². The summed E-state index contributed by atoms with van der Waals surface area (Å²) in [6, 6.07) is 0. The number of rotatable bonds is 0. The van der Waals surface area contributed by atoms with Crippen molar-refractivity contribution in [1.29, 1.82) is 0 Å². The van der Waals surface area contributed by atoms with E-state index in [0.29, 0.717) is 6.42 Å². The smallest absolute Gasteiger partial charge is 0.306 e. The molecule has 0 atom stereocenters. The molecule has 2 heteroatoms. The van der Waals surface area contributed by atoms with Gasteiger partial charge in [-0.3, -0.25) is 4.79 Å². The number of esters is 1. The van der Waals surface area contributed by atoms with Crippen LogP contribution in [0.1, 0.15) is 20.3 Å². The van der Waals surface area contributed by atoms with Crippen LogP contribution in [0.5, 0.6) is 0 Å². The molecule has 0 aromatic rings. The first kappa shape index (κ1) is 5.60. The molecule has 0 aliphatic carbocycles. The minimum atomic E-state index is -0.116. The SMILES string of the molecule is CC1(C)[CH]OC(=O)C1. The van der Waals surface area contributed by atoms with Gasteiger partial charge in [0.05, 0.1) is 6.42 Å². The van der Waals surface area contributed by atoms with E-state index in [0.717, 1.165) is 0 Å². The first-order valence-electron chi connectivity index (χ1n) is 2.64. The van der Waals surface area contributed by atoms with E-state index in [1.165, 1.54) is 0 Å². The standard InChI is InChI=1S/C6H9O2/c1-6(2)3-5(7)8-4-6/h4H,3H2,1-2H3. The molecule has 1 fully saturated rings. The second-order valence-corrected chi connectivity index (χ2v) is 2.77. The monoisotopic (exact) mass is 113 g/mol. The van der Waals surface area contributed by atoms with Gasteiger partial charge in [0.15, 0.2) is 0 Å². The van der Waals surface area contributed by atoms with E-state index in [4.69, 9.17) is 0 Å². The van der Waals surface area contributed by atoms with Gasteiger partial charge in [-0.1, -0.05) is 13.8 Å². The third kappa shape index (κ3) is 0.997. The topological polar surface area (TPSA) is 26.3 Å². The summed E-state index contributed by atoms with van der Waals surface area (Å²) < 4.78 is 4.60. The molecule has 45 valence electrons. The van der Waals surface area contributed by atoms with Gasteiger partial charge in [0.2, 0.25) is 0 Å². The summed E-state index contributed by atoms with van der Waals surface area (Å²) in [5.41, 5.74) is -0.0307. The van der Waals surface area contributed by atoms with Crippen molar-refractivity contribution < 1.29 is 9.53 Å². The fourth-order valence-corrected chi connectivity index (χ4v) is 0.681. The molecular formula is C6H9O2. The predicted octanol–water partition coefficient (Wildman–Crippen LogP) is 1.12. The molecule has 1 aliphatic rings. The maximum absolute atomic E-state index is 10.4. The lowest BCUT2D eigenvalue weighted by Crippen LogP contribution is -2.04. The zero-order valence-electron chi connectivity index (χ0n) is 5.10. The molecular weight excluding hydrogens is 104 g/mol. The van der Waals surface area contributed by atoms with Gasteiger partial charge >= 0.3 is 5.97 Å². The summed E-state index contributed by atoms with van der Waals surface area (Å²) in [6.07, 6.45) is 0.521. The zero-order valence-corrected chi connectivity index (χ0v) is 5.10. The van der Waals surface area contributed by atoms with Crippen molar-refractivity contribution in [3.63, 3.8) is 0 Å². The highest BCUT2D eigenvalue weighted by atomic mass is 16.5. The number of hydrogen-bond donors (Lipinski definition) is 0. The molecule has 8 heavy (non-hydrogen) atoms. The lowest BCUT2D eigenvalue weighted by molar-refractivity contribution is -0.135. The van der Waals surface area contributed by atoms with Gasteiger partial charge < -0.3 is 4.74 Å². The van der Waals surface area contributed by atoms with Gasteiger partial charge in [0.1, 0.15) is 6.61 Å². The Kier molecular flexibility index (Phi) is 1.03. The molecule has 1 rings (SSSR count). The van der Waals surface area contributed by atoms with Gasteiger partial charge in [-0.15, -0.1) is 0 Å². The van der Waals surface area contributed by atoms with Crippen LogP contribution in [0, 0.1) is 12.0 Å². The van der Waals surface area contributed by atoms with E-state index in [1.54, 1.807) is 6.61 Å². The normalized spacial score (nSPS) is 25.5. The molecule has 0 aromatic heterocycles. The van der Waals surface area contributed by atoms with Crippen LogP contribution in [-0.2, 0) is 9.53 Å². The van der Waals surface area contributed by atoms with Crippen molar-refractivity contribution in [1.82, 2.24) is 0 Å². The van der Waals surface area contributed by atoms with Crippen molar-refractivity contribution in [3.8, 4) is 0 Å². The fraction of sp³-hybridized carbons (Fsp3) is 0.667. The Morgan fingerprint density at radius 2 is 2.38 bits per heavy atom. The van der Waals surface area contributed by atoms with Crippen molar-refractivity contribution in [2.45, 2.75) is 20.3 Å². The summed E-state index contributed by atoms with van der Waals surface area (Å²) in [6.45, 7) is 5.53. The van der Waals surface area contributed by atoms with Crippen LogP contribution in [0.3, 0.4) is 0 Å². The minimum Gasteiger partial charge on any atom is -0.458 e. The van der Waals surface area contributed by atoms with Crippen LogP contribution in [0.25, 0.3) is 0 Å². The largest absolute Gasteiger partial charge is 0.458 e. The van der Waals surface area contributed by atoms with Gasteiger partial charge in [-0.05, 0) is 0 Å². The molecule has 0 spiro atoms. The predicted molar refractivity (Wildman–Crippen MR) is 28.8 cm³/mol. The molecule has 0 N–H and O–H groups in total. The highest BCUT2D eigenvalue weighted by Gasteiger charge is 2.31. The van der Waals surface area contributed by atoms with Crippen LogP contribution in [0.4, 0.5) is 0 Å². The second-order valence-electron chi connectivity index (χ2n) is 2.77. The summed E-state index contributed by atoms with van der Waals surface area (Å²) in [7, 11) is 0. The van der Waals surface area contributed by atoms with E-state index in [1.807, 2.05) is 13.8 Å². The number of carbonyl (C=O) groups excluding carboxylic acids is 1. The molecule has 0 bridgehead atoms. The molecule has 0 unspecified atom stereocenters. The summed E-state index contributed by atoms with van der Waals surface area (Å²) in [5.74, 6) is -0.116. The minimum absolute atomic E-state index is 0.0307. The summed E-state index contributed by atoms with van der Waals surface area (Å²) in [4.78, 5) is 10.4. The quantitative estimate of drug-likeness (QED) is 0.440. The number of cyclic esters (lactones) is 1. The maximum Gasteiger partial charge on any atom is 0.306 e. The Bertz CT molecular complexity index is 116. The highest BCUT2D eigenvalue weighted by Crippen LogP contribution is 2.30. The Morgan fingerprint density at radius 3 is 2.50 bits per heavy atom.